The second-order valence-electron chi connectivity index (χ2n) is 7.55. The van der Waals surface area contributed by atoms with Gasteiger partial charge in [-0.25, -0.2) is 9.97 Å². The molecule has 0 aliphatic heterocycles. The van der Waals surface area contributed by atoms with Crippen molar-refractivity contribution in [2.24, 2.45) is 10.2 Å². The minimum atomic E-state index is -4.41. The molecule has 2 N–H and O–H groups in total. The van der Waals surface area contributed by atoms with Crippen LogP contribution in [0.3, 0.4) is 0 Å². The molecule has 1 heterocycles. The third kappa shape index (κ3) is 5.12. The fraction of sp³-hybridized carbons (Fsp3) is 0.273. The standard InChI is InChI=1S/C22H25N5O3S/c1-12-7-8-18(21(9-12)31(28,29)30)26-27-20-11-13(2)19(10-14(20)3)25-22-15(4)16(5)23-17(6)24-22/h7-11H,1-6H3,(H,23,24,25)(H,28,29,30). The molecule has 0 fully saturated rings. The lowest BCUT2D eigenvalue weighted by atomic mass is 10.1. The molecule has 0 aliphatic rings. The van der Waals surface area contributed by atoms with Gasteiger partial charge in [0.05, 0.1) is 5.69 Å². The van der Waals surface area contributed by atoms with E-state index in [1.165, 1.54) is 12.1 Å². The van der Waals surface area contributed by atoms with Gasteiger partial charge in [0.25, 0.3) is 10.1 Å². The number of nitrogens with one attached hydrogen (secondary N) is 1. The highest BCUT2D eigenvalue weighted by atomic mass is 32.2. The van der Waals surface area contributed by atoms with Gasteiger partial charge in [-0.15, -0.1) is 5.11 Å². The van der Waals surface area contributed by atoms with Gasteiger partial charge in [-0.1, -0.05) is 6.07 Å². The van der Waals surface area contributed by atoms with Gasteiger partial charge in [-0.05, 0) is 82.5 Å². The first-order valence-corrected chi connectivity index (χ1v) is 11.1. The van der Waals surface area contributed by atoms with Crippen LogP contribution < -0.4 is 5.32 Å². The van der Waals surface area contributed by atoms with Crippen LogP contribution >= 0.6 is 0 Å². The van der Waals surface area contributed by atoms with Crippen LogP contribution in [0, 0.1) is 41.5 Å². The van der Waals surface area contributed by atoms with Crippen LogP contribution in [0.1, 0.15) is 33.8 Å². The van der Waals surface area contributed by atoms with E-state index in [0.717, 1.165) is 33.9 Å². The van der Waals surface area contributed by atoms with Crippen molar-refractivity contribution in [3.63, 3.8) is 0 Å². The summed E-state index contributed by atoms with van der Waals surface area (Å²) in [6.45, 7) is 11.3. The summed E-state index contributed by atoms with van der Waals surface area (Å²) in [6.07, 6.45) is 0. The van der Waals surface area contributed by atoms with Crippen LogP contribution in [0.25, 0.3) is 0 Å². The van der Waals surface area contributed by atoms with E-state index < -0.39 is 10.1 Å². The summed E-state index contributed by atoms with van der Waals surface area (Å²) in [6, 6.07) is 8.39. The van der Waals surface area contributed by atoms with Gasteiger partial charge in [0.15, 0.2) is 0 Å². The van der Waals surface area contributed by atoms with Gasteiger partial charge in [-0.2, -0.15) is 13.5 Å². The maximum Gasteiger partial charge on any atom is 0.296 e. The minimum absolute atomic E-state index is 0.0786. The van der Waals surface area contributed by atoms with Crippen molar-refractivity contribution < 1.29 is 13.0 Å². The lowest BCUT2D eigenvalue weighted by molar-refractivity contribution is 0.483. The van der Waals surface area contributed by atoms with E-state index in [9.17, 15) is 13.0 Å². The van der Waals surface area contributed by atoms with Gasteiger partial charge in [0, 0.05) is 16.9 Å². The van der Waals surface area contributed by atoms with E-state index in [0.29, 0.717) is 17.1 Å². The molecule has 0 bridgehead atoms. The maximum absolute atomic E-state index is 11.7. The summed E-state index contributed by atoms with van der Waals surface area (Å²) in [5.74, 6) is 1.44. The van der Waals surface area contributed by atoms with E-state index >= 15 is 0 Å². The summed E-state index contributed by atoms with van der Waals surface area (Å²) in [5, 5.41) is 11.7. The van der Waals surface area contributed by atoms with Crippen LogP contribution in [0.5, 0.6) is 0 Å². The molecular weight excluding hydrogens is 414 g/mol. The highest BCUT2D eigenvalue weighted by molar-refractivity contribution is 7.86. The molecule has 0 unspecified atom stereocenters. The van der Waals surface area contributed by atoms with Crippen molar-refractivity contribution in [2.75, 3.05) is 5.32 Å². The maximum atomic E-state index is 11.7. The average molecular weight is 440 g/mol. The zero-order valence-electron chi connectivity index (χ0n) is 18.3. The number of hydrogen-bond donors (Lipinski definition) is 2. The van der Waals surface area contributed by atoms with Crippen LogP contribution in [-0.4, -0.2) is 22.9 Å². The van der Waals surface area contributed by atoms with E-state index in [1.54, 1.807) is 13.0 Å². The molecule has 0 radical (unpaired) electrons. The molecule has 9 heteroatoms. The van der Waals surface area contributed by atoms with Gasteiger partial charge < -0.3 is 5.32 Å². The van der Waals surface area contributed by atoms with E-state index in [1.807, 2.05) is 46.8 Å². The Morgan fingerprint density at radius 1 is 0.871 bits per heavy atom. The Hall–Kier alpha value is -3.17. The highest BCUT2D eigenvalue weighted by Gasteiger charge is 2.16. The van der Waals surface area contributed by atoms with Crippen LogP contribution in [0.15, 0.2) is 45.5 Å². The number of nitrogens with zero attached hydrogens (tertiary/aromatic N) is 4. The summed E-state index contributed by atoms with van der Waals surface area (Å²) < 4.78 is 32.8. The fourth-order valence-electron chi connectivity index (χ4n) is 3.08. The first kappa shape index (κ1) is 22.5. The number of azo groups is 1. The Labute approximate surface area is 182 Å². The third-order valence-electron chi connectivity index (χ3n) is 4.96. The molecule has 3 aromatic rings. The summed E-state index contributed by atoms with van der Waals surface area (Å²) in [5.41, 5.74) is 5.91. The minimum Gasteiger partial charge on any atom is -0.340 e. The topological polar surface area (TPSA) is 117 Å². The Balaban J connectivity index is 1.96. The molecule has 162 valence electrons. The number of aromatic nitrogens is 2. The second kappa shape index (κ2) is 8.52. The molecular formula is C22H25N5O3S. The molecule has 0 amide bonds. The van der Waals surface area contributed by atoms with Crippen LogP contribution in [0.4, 0.5) is 22.9 Å². The Bertz CT molecular complexity index is 1300. The van der Waals surface area contributed by atoms with Crippen molar-refractivity contribution in [1.82, 2.24) is 9.97 Å². The second-order valence-corrected chi connectivity index (χ2v) is 8.94. The molecule has 3 rings (SSSR count). The Morgan fingerprint density at radius 2 is 1.55 bits per heavy atom. The van der Waals surface area contributed by atoms with Crippen molar-refractivity contribution >= 4 is 33.0 Å². The predicted octanol–water partition coefficient (Wildman–Crippen LogP) is 5.73. The molecule has 1 aromatic heterocycles. The quantitative estimate of drug-likeness (QED) is 0.387. The van der Waals surface area contributed by atoms with Crippen molar-refractivity contribution in [1.29, 1.82) is 0 Å². The summed E-state index contributed by atoms with van der Waals surface area (Å²) in [4.78, 5) is 8.60. The zero-order chi connectivity index (χ0) is 22.9. The number of benzene rings is 2. The molecule has 0 saturated carbocycles. The van der Waals surface area contributed by atoms with E-state index in [2.05, 4.69) is 25.5 Å². The molecule has 2 aromatic carbocycles. The highest BCUT2D eigenvalue weighted by Crippen LogP contribution is 2.32. The van der Waals surface area contributed by atoms with Gasteiger partial charge >= 0.3 is 0 Å². The normalized spacial score (nSPS) is 11.8. The molecule has 8 nitrogen and oxygen atoms in total. The largest absolute Gasteiger partial charge is 0.340 e. The van der Waals surface area contributed by atoms with Crippen molar-refractivity contribution in [3.8, 4) is 0 Å². The van der Waals surface area contributed by atoms with Crippen LogP contribution in [0.2, 0.25) is 0 Å². The monoisotopic (exact) mass is 439 g/mol. The fourth-order valence-corrected chi connectivity index (χ4v) is 3.79. The van der Waals surface area contributed by atoms with E-state index in [-0.39, 0.29) is 10.6 Å². The Morgan fingerprint density at radius 3 is 2.23 bits per heavy atom. The van der Waals surface area contributed by atoms with Gasteiger partial charge in [0.2, 0.25) is 0 Å². The summed E-state index contributed by atoms with van der Waals surface area (Å²) >= 11 is 0. The Kier molecular flexibility index (Phi) is 6.19. The SMILES string of the molecule is Cc1ccc(N=Nc2cc(C)c(Nc3nc(C)nc(C)c3C)cc2C)c(S(=O)(=O)O)c1. The zero-order valence-corrected chi connectivity index (χ0v) is 19.2. The molecule has 0 saturated heterocycles. The predicted molar refractivity (Wildman–Crippen MR) is 121 cm³/mol. The number of rotatable bonds is 5. The van der Waals surface area contributed by atoms with Gasteiger partial charge in [-0.3, -0.25) is 4.55 Å². The number of aryl methyl sites for hydroxylation is 5. The lowest BCUT2D eigenvalue weighted by Crippen LogP contribution is -2.04. The van der Waals surface area contributed by atoms with E-state index in [4.69, 9.17) is 0 Å². The van der Waals surface area contributed by atoms with Crippen LogP contribution in [-0.2, 0) is 10.1 Å². The van der Waals surface area contributed by atoms with Crippen molar-refractivity contribution in [3.05, 3.63) is 64.1 Å². The summed E-state index contributed by atoms with van der Waals surface area (Å²) in [7, 11) is -4.41. The number of anilines is 2. The first-order valence-electron chi connectivity index (χ1n) is 9.65. The third-order valence-corrected chi connectivity index (χ3v) is 5.84. The van der Waals surface area contributed by atoms with Gasteiger partial charge in [0.1, 0.15) is 22.2 Å². The molecule has 0 aliphatic carbocycles. The number of hydrogen-bond acceptors (Lipinski definition) is 7. The molecule has 0 spiro atoms. The molecule has 0 atom stereocenters. The lowest BCUT2D eigenvalue weighted by Gasteiger charge is -2.14. The average Bonchev–Trinajstić information content (AvgIpc) is 2.67. The molecule has 31 heavy (non-hydrogen) atoms. The smallest absolute Gasteiger partial charge is 0.296 e. The van der Waals surface area contributed by atoms with Crippen molar-refractivity contribution in [2.45, 2.75) is 46.4 Å². The first-order chi connectivity index (χ1) is 14.5.